The summed E-state index contributed by atoms with van der Waals surface area (Å²) in [6.07, 6.45) is 4.13. The van der Waals surface area contributed by atoms with Crippen molar-refractivity contribution < 1.29 is 8.95 Å². The molecule has 0 amide bonds. The molecule has 0 bridgehead atoms. The molecule has 5 heteroatoms. The fourth-order valence-corrected chi connectivity index (χ4v) is 3.37. The molecule has 0 aromatic carbocycles. The lowest BCUT2D eigenvalue weighted by atomic mass is 10.1. The number of ether oxygens (including phenoxy) is 1. The predicted octanol–water partition coefficient (Wildman–Crippen LogP) is 0.241. The minimum atomic E-state index is -0.576. The topological polar surface area (TPSA) is 64.3 Å². The van der Waals surface area contributed by atoms with Gasteiger partial charge in [0.15, 0.2) is 0 Å². The zero-order chi connectivity index (χ0) is 11.8. The van der Waals surface area contributed by atoms with E-state index in [4.69, 9.17) is 10.5 Å². The molecule has 1 rings (SSSR count). The minimum absolute atomic E-state index is 0.394. The molecule has 0 spiro atoms. The van der Waals surface area contributed by atoms with Crippen LogP contribution in [-0.2, 0) is 15.5 Å². The molecule has 3 N–H and O–H groups in total. The van der Waals surface area contributed by atoms with E-state index in [1.807, 2.05) is 0 Å². The number of methoxy groups -OCH3 is 1. The molecule has 0 aliphatic carbocycles. The van der Waals surface area contributed by atoms with Crippen LogP contribution in [0.4, 0.5) is 0 Å². The Morgan fingerprint density at radius 2 is 2.19 bits per heavy atom. The molecule has 1 aliphatic heterocycles. The van der Waals surface area contributed by atoms with Crippen LogP contribution in [-0.4, -0.2) is 48.1 Å². The molecule has 4 nitrogen and oxygen atoms in total. The molecule has 16 heavy (non-hydrogen) atoms. The van der Waals surface area contributed by atoms with Crippen molar-refractivity contribution in [1.82, 2.24) is 5.32 Å². The molecule has 1 atom stereocenters. The molecule has 0 aromatic heterocycles. The number of nitrogens with two attached hydrogens (primary N) is 1. The van der Waals surface area contributed by atoms with Crippen LogP contribution in [0.25, 0.3) is 0 Å². The summed E-state index contributed by atoms with van der Waals surface area (Å²) < 4.78 is 16.4. The molecule has 1 aliphatic rings. The van der Waals surface area contributed by atoms with E-state index >= 15 is 0 Å². The standard InChI is InChI=1S/C11H24N2O2S/c1-15-9-11(3-2-6-12)13-10-4-7-16(14)8-5-10/h10-11,13H,2-9,12H2,1H3. The summed E-state index contributed by atoms with van der Waals surface area (Å²) in [4.78, 5) is 0. The quantitative estimate of drug-likeness (QED) is 0.677. The Morgan fingerprint density at radius 1 is 1.50 bits per heavy atom. The first-order chi connectivity index (χ1) is 7.76. The van der Waals surface area contributed by atoms with Gasteiger partial charge in [-0.05, 0) is 32.2 Å². The van der Waals surface area contributed by atoms with Gasteiger partial charge in [-0.1, -0.05) is 0 Å². The second-order valence-corrected chi connectivity index (χ2v) is 6.07. The van der Waals surface area contributed by atoms with Crippen molar-refractivity contribution in [2.24, 2.45) is 5.73 Å². The van der Waals surface area contributed by atoms with E-state index < -0.39 is 10.8 Å². The third kappa shape index (κ3) is 5.39. The SMILES string of the molecule is COCC(CCCN)NC1CCS(=O)CC1. The fraction of sp³-hybridized carbons (Fsp3) is 1.00. The largest absolute Gasteiger partial charge is 0.383 e. The molecule has 1 unspecified atom stereocenters. The summed E-state index contributed by atoms with van der Waals surface area (Å²) >= 11 is 0. The molecule has 0 aromatic rings. The summed E-state index contributed by atoms with van der Waals surface area (Å²) in [7, 11) is 1.15. The van der Waals surface area contributed by atoms with Crippen molar-refractivity contribution >= 4 is 10.8 Å². The number of rotatable bonds is 7. The van der Waals surface area contributed by atoms with Gasteiger partial charge in [-0.15, -0.1) is 0 Å². The molecule has 96 valence electrons. The summed E-state index contributed by atoms with van der Waals surface area (Å²) in [5.41, 5.74) is 5.52. The smallest absolute Gasteiger partial charge is 0.0615 e. The first-order valence-corrected chi connectivity index (χ1v) is 7.55. The zero-order valence-corrected chi connectivity index (χ0v) is 10.9. The Hall–Kier alpha value is 0.0300. The van der Waals surface area contributed by atoms with Gasteiger partial charge >= 0.3 is 0 Å². The van der Waals surface area contributed by atoms with Crippen molar-refractivity contribution in [1.29, 1.82) is 0 Å². The van der Waals surface area contributed by atoms with Crippen LogP contribution in [0.5, 0.6) is 0 Å². The van der Waals surface area contributed by atoms with E-state index in [0.29, 0.717) is 12.1 Å². The van der Waals surface area contributed by atoms with Crippen LogP contribution < -0.4 is 11.1 Å². The highest BCUT2D eigenvalue weighted by molar-refractivity contribution is 7.85. The van der Waals surface area contributed by atoms with Crippen LogP contribution in [0.1, 0.15) is 25.7 Å². The van der Waals surface area contributed by atoms with Crippen LogP contribution in [0, 0.1) is 0 Å². The van der Waals surface area contributed by atoms with Gasteiger partial charge in [0.1, 0.15) is 0 Å². The first-order valence-electron chi connectivity index (χ1n) is 6.06. The van der Waals surface area contributed by atoms with Crippen LogP contribution >= 0.6 is 0 Å². The van der Waals surface area contributed by atoms with E-state index in [0.717, 1.165) is 50.3 Å². The molecule has 0 radical (unpaired) electrons. The predicted molar refractivity (Wildman–Crippen MR) is 68.0 cm³/mol. The Bertz CT molecular complexity index is 204. The molecular weight excluding hydrogens is 224 g/mol. The first kappa shape index (κ1) is 14.1. The lowest BCUT2D eigenvalue weighted by Crippen LogP contribution is -2.44. The van der Waals surface area contributed by atoms with Gasteiger partial charge in [-0.3, -0.25) is 4.21 Å². The van der Waals surface area contributed by atoms with E-state index in [1.165, 1.54) is 0 Å². The Morgan fingerprint density at radius 3 is 2.75 bits per heavy atom. The van der Waals surface area contributed by atoms with Gasteiger partial charge in [0.05, 0.1) is 6.61 Å². The molecule has 0 saturated carbocycles. The second-order valence-electron chi connectivity index (χ2n) is 4.37. The van der Waals surface area contributed by atoms with Crippen molar-refractivity contribution in [2.45, 2.75) is 37.8 Å². The summed E-state index contributed by atoms with van der Waals surface area (Å²) in [5.74, 6) is 1.68. The van der Waals surface area contributed by atoms with E-state index in [-0.39, 0.29) is 0 Å². The van der Waals surface area contributed by atoms with Crippen LogP contribution in [0.3, 0.4) is 0 Å². The highest BCUT2D eigenvalue weighted by Gasteiger charge is 2.20. The van der Waals surface area contributed by atoms with Crippen LogP contribution in [0.15, 0.2) is 0 Å². The van der Waals surface area contributed by atoms with E-state index in [9.17, 15) is 4.21 Å². The number of hydrogen-bond donors (Lipinski definition) is 2. The van der Waals surface area contributed by atoms with Crippen molar-refractivity contribution in [3.8, 4) is 0 Å². The Balaban J connectivity index is 2.26. The normalized spacial score (nSPS) is 27.9. The molecule has 1 fully saturated rings. The van der Waals surface area contributed by atoms with Crippen LogP contribution in [0.2, 0.25) is 0 Å². The highest BCUT2D eigenvalue weighted by Crippen LogP contribution is 2.11. The van der Waals surface area contributed by atoms with Gasteiger partial charge in [-0.25, -0.2) is 0 Å². The highest BCUT2D eigenvalue weighted by atomic mass is 32.2. The van der Waals surface area contributed by atoms with Gasteiger partial charge in [0.2, 0.25) is 0 Å². The average molecular weight is 248 g/mol. The van der Waals surface area contributed by atoms with Crippen molar-refractivity contribution in [3.63, 3.8) is 0 Å². The minimum Gasteiger partial charge on any atom is -0.383 e. The lowest BCUT2D eigenvalue weighted by Gasteiger charge is -2.28. The van der Waals surface area contributed by atoms with Gasteiger partial charge < -0.3 is 15.8 Å². The Kier molecular flexibility index (Phi) is 7.20. The maximum absolute atomic E-state index is 11.2. The zero-order valence-electron chi connectivity index (χ0n) is 10.1. The third-order valence-corrected chi connectivity index (χ3v) is 4.37. The lowest BCUT2D eigenvalue weighted by molar-refractivity contribution is 0.154. The molecule has 1 heterocycles. The van der Waals surface area contributed by atoms with Crippen molar-refractivity contribution in [3.05, 3.63) is 0 Å². The van der Waals surface area contributed by atoms with Gasteiger partial charge in [0.25, 0.3) is 0 Å². The summed E-state index contributed by atoms with van der Waals surface area (Å²) in [6.45, 7) is 1.47. The second kappa shape index (κ2) is 8.17. The molecular formula is C11H24N2O2S. The summed E-state index contributed by atoms with van der Waals surface area (Å²) in [5, 5.41) is 3.60. The number of hydrogen-bond acceptors (Lipinski definition) is 4. The maximum Gasteiger partial charge on any atom is 0.0615 e. The average Bonchev–Trinajstić information content (AvgIpc) is 2.29. The van der Waals surface area contributed by atoms with E-state index in [2.05, 4.69) is 5.32 Å². The summed E-state index contributed by atoms with van der Waals surface area (Å²) in [6, 6.07) is 0.903. The van der Waals surface area contributed by atoms with Crippen molar-refractivity contribution in [2.75, 3.05) is 31.8 Å². The Labute approximate surface area is 101 Å². The van der Waals surface area contributed by atoms with Gasteiger partial charge in [-0.2, -0.15) is 0 Å². The van der Waals surface area contributed by atoms with E-state index in [1.54, 1.807) is 7.11 Å². The third-order valence-electron chi connectivity index (χ3n) is 2.98. The number of nitrogens with one attached hydrogen (secondary N) is 1. The molecule has 1 saturated heterocycles. The maximum atomic E-state index is 11.2. The fourth-order valence-electron chi connectivity index (χ4n) is 2.07. The van der Waals surface area contributed by atoms with Gasteiger partial charge in [0, 0.05) is 41.5 Å². The monoisotopic (exact) mass is 248 g/mol.